The van der Waals surface area contributed by atoms with Crippen molar-refractivity contribution < 1.29 is 14.6 Å². The van der Waals surface area contributed by atoms with Gasteiger partial charge in [-0.05, 0) is 32.1 Å². The Morgan fingerprint density at radius 1 is 1.40 bits per heavy atom. The maximum Gasteiger partial charge on any atom is 0.193 e. The van der Waals surface area contributed by atoms with Gasteiger partial charge >= 0.3 is 0 Å². The summed E-state index contributed by atoms with van der Waals surface area (Å²) in [5.41, 5.74) is 1.09. The molecule has 0 bridgehead atoms. The molecule has 0 saturated heterocycles. The highest BCUT2D eigenvalue weighted by molar-refractivity contribution is 6.08. The molecule has 3 heteroatoms. The van der Waals surface area contributed by atoms with Gasteiger partial charge in [-0.25, -0.2) is 0 Å². The monoisotopic (exact) mass is 206 g/mol. The predicted molar refractivity (Wildman–Crippen MR) is 58.4 cm³/mol. The van der Waals surface area contributed by atoms with Crippen molar-refractivity contribution in [1.29, 1.82) is 0 Å². The van der Waals surface area contributed by atoms with Gasteiger partial charge in [-0.2, -0.15) is 0 Å². The summed E-state index contributed by atoms with van der Waals surface area (Å²) in [6, 6.07) is 4.74. The second-order valence-electron chi connectivity index (χ2n) is 3.44. The zero-order valence-electron chi connectivity index (χ0n) is 9.07. The van der Waals surface area contributed by atoms with Crippen molar-refractivity contribution >= 4 is 5.78 Å². The van der Waals surface area contributed by atoms with Crippen molar-refractivity contribution in [1.82, 2.24) is 0 Å². The second kappa shape index (κ2) is 4.64. The van der Waals surface area contributed by atoms with Crippen molar-refractivity contribution in [3.63, 3.8) is 0 Å². The van der Waals surface area contributed by atoms with Crippen LogP contribution in [-0.2, 0) is 0 Å². The largest absolute Gasteiger partial charge is 0.507 e. The standard InChI is InChI=1S/C12H14O3/c1-8(2)7-10(14)12-9(13)5-4-6-11(12)15-3/h4-7,13H,1-3H3. The average molecular weight is 206 g/mol. The zero-order chi connectivity index (χ0) is 11.4. The van der Waals surface area contributed by atoms with Crippen molar-refractivity contribution in [2.24, 2.45) is 0 Å². The maximum absolute atomic E-state index is 11.7. The fourth-order valence-corrected chi connectivity index (χ4v) is 1.27. The number of ketones is 1. The van der Waals surface area contributed by atoms with Gasteiger partial charge in [-0.3, -0.25) is 4.79 Å². The molecule has 0 aromatic heterocycles. The zero-order valence-corrected chi connectivity index (χ0v) is 9.07. The van der Waals surface area contributed by atoms with E-state index in [0.717, 1.165) is 5.57 Å². The van der Waals surface area contributed by atoms with E-state index in [-0.39, 0.29) is 17.1 Å². The van der Waals surface area contributed by atoms with Crippen LogP contribution in [0.5, 0.6) is 11.5 Å². The molecule has 0 aliphatic carbocycles. The van der Waals surface area contributed by atoms with Gasteiger partial charge in [0, 0.05) is 0 Å². The lowest BCUT2D eigenvalue weighted by Gasteiger charge is -2.07. The van der Waals surface area contributed by atoms with E-state index in [2.05, 4.69) is 0 Å². The number of hydrogen-bond acceptors (Lipinski definition) is 3. The van der Waals surface area contributed by atoms with Crippen LogP contribution in [0.25, 0.3) is 0 Å². The Hall–Kier alpha value is -1.77. The van der Waals surface area contributed by atoms with Crippen LogP contribution in [0.3, 0.4) is 0 Å². The minimum absolute atomic E-state index is 0.0585. The van der Waals surface area contributed by atoms with Crippen LogP contribution < -0.4 is 4.74 Å². The number of hydrogen-bond donors (Lipinski definition) is 1. The SMILES string of the molecule is COc1cccc(O)c1C(=O)C=C(C)C. The van der Waals surface area contributed by atoms with E-state index in [0.29, 0.717) is 5.75 Å². The summed E-state index contributed by atoms with van der Waals surface area (Å²) in [4.78, 5) is 11.7. The minimum atomic E-state index is -0.245. The Kier molecular flexibility index (Phi) is 3.50. The number of aromatic hydroxyl groups is 1. The van der Waals surface area contributed by atoms with Gasteiger partial charge in [0.2, 0.25) is 0 Å². The van der Waals surface area contributed by atoms with E-state index in [4.69, 9.17) is 4.74 Å². The van der Waals surface area contributed by atoms with Crippen molar-refractivity contribution in [2.75, 3.05) is 7.11 Å². The fraction of sp³-hybridized carbons (Fsp3) is 0.250. The first-order valence-corrected chi connectivity index (χ1v) is 4.61. The van der Waals surface area contributed by atoms with Crippen molar-refractivity contribution in [2.45, 2.75) is 13.8 Å². The number of benzene rings is 1. The summed E-state index contributed by atoms with van der Waals surface area (Å²) in [7, 11) is 1.47. The lowest BCUT2D eigenvalue weighted by atomic mass is 10.1. The summed E-state index contributed by atoms with van der Waals surface area (Å²) >= 11 is 0. The van der Waals surface area contributed by atoms with E-state index < -0.39 is 0 Å². The van der Waals surface area contributed by atoms with Gasteiger partial charge in [0.05, 0.1) is 7.11 Å². The van der Waals surface area contributed by atoms with Crippen LogP contribution >= 0.6 is 0 Å². The smallest absolute Gasteiger partial charge is 0.193 e. The molecule has 0 radical (unpaired) electrons. The molecule has 3 nitrogen and oxygen atoms in total. The highest BCUT2D eigenvalue weighted by Gasteiger charge is 2.14. The number of ether oxygens (including phenoxy) is 1. The molecule has 80 valence electrons. The third-order valence-corrected chi connectivity index (χ3v) is 1.89. The molecule has 0 atom stereocenters. The molecule has 1 N–H and O–H groups in total. The normalized spacial score (nSPS) is 9.53. The van der Waals surface area contributed by atoms with Crippen LogP contribution in [0.15, 0.2) is 29.8 Å². The molecule has 0 fully saturated rings. The van der Waals surface area contributed by atoms with Gasteiger partial charge in [0.25, 0.3) is 0 Å². The first kappa shape index (κ1) is 11.3. The highest BCUT2D eigenvalue weighted by Crippen LogP contribution is 2.28. The molecular formula is C12H14O3. The quantitative estimate of drug-likeness (QED) is 0.610. The number of methoxy groups -OCH3 is 1. The Bertz CT molecular complexity index is 401. The summed E-state index contributed by atoms with van der Waals surface area (Å²) in [5.74, 6) is 0.0827. The number of carbonyl (C=O) groups excluding carboxylic acids is 1. The average Bonchev–Trinajstić information content (AvgIpc) is 2.15. The van der Waals surface area contributed by atoms with Gasteiger partial charge in [0.15, 0.2) is 5.78 Å². The number of allylic oxidation sites excluding steroid dienone is 2. The van der Waals surface area contributed by atoms with Crippen LogP contribution in [-0.4, -0.2) is 18.0 Å². The first-order chi connectivity index (χ1) is 7.06. The van der Waals surface area contributed by atoms with E-state index in [1.54, 1.807) is 12.1 Å². The molecular weight excluding hydrogens is 192 g/mol. The molecule has 1 aromatic carbocycles. The topological polar surface area (TPSA) is 46.5 Å². The van der Waals surface area contributed by atoms with Crippen molar-refractivity contribution in [3.8, 4) is 11.5 Å². The van der Waals surface area contributed by atoms with Gasteiger partial charge in [0.1, 0.15) is 17.1 Å². The molecule has 0 aliphatic heterocycles. The third-order valence-electron chi connectivity index (χ3n) is 1.89. The number of phenolic OH excluding ortho intramolecular Hbond substituents is 1. The van der Waals surface area contributed by atoms with Crippen LogP contribution in [0.2, 0.25) is 0 Å². The summed E-state index contributed by atoms with van der Waals surface area (Å²) in [6.07, 6.45) is 1.47. The molecule has 0 aliphatic rings. The molecule has 0 unspecified atom stereocenters. The van der Waals surface area contributed by atoms with Gasteiger partial charge < -0.3 is 9.84 Å². The molecule has 15 heavy (non-hydrogen) atoms. The van der Waals surface area contributed by atoms with E-state index >= 15 is 0 Å². The molecule has 1 aromatic rings. The summed E-state index contributed by atoms with van der Waals surface area (Å²) in [6.45, 7) is 3.65. The lowest BCUT2D eigenvalue weighted by molar-refractivity contribution is 0.104. The Balaban J connectivity index is 3.23. The number of rotatable bonds is 3. The fourth-order valence-electron chi connectivity index (χ4n) is 1.27. The maximum atomic E-state index is 11.7. The highest BCUT2D eigenvalue weighted by atomic mass is 16.5. The molecule has 0 saturated carbocycles. The predicted octanol–water partition coefficient (Wildman–Crippen LogP) is 2.55. The summed E-state index contributed by atoms with van der Waals surface area (Å²) < 4.78 is 5.02. The van der Waals surface area contributed by atoms with E-state index in [1.807, 2.05) is 13.8 Å². The van der Waals surface area contributed by atoms with Gasteiger partial charge in [-0.15, -0.1) is 0 Å². The van der Waals surface area contributed by atoms with Crippen molar-refractivity contribution in [3.05, 3.63) is 35.4 Å². The van der Waals surface area contributed by atoms with E-state index in [9.17, 15) is 9.90 Å². The first-order valence-electron chi connectivity index (χ1n) is 4.61. The third kappa shape index (κ3) is 2.59. The second-order valence-corrected chi connectivity index (χ2v) is 3.44. The Morgan fingerprint density at radius 2 is 2.07 bits per heavy atom. The molecule has 0 spiro atoms. The van der Waals surface area contributed by atoms with Crippen LogP contribution in [0.1, 0.15) is 24.2 Å². The number of phenols is 1. The van der Waals surface area contributed by atoms with Crippen LogP contribution in [0, 0.1) is 0 Å². The summed E-state index contributed by atoms with van der Waals surface area (Å²) in [5, 5.41) is 9.58. The molecule has 1 rings (SSSR count). The lowest BCUT2D eigenvalue weighted by Crippen LogP contribution is -2.00. The Morgan fingerprint density at radius 3 is 2.60 bits per heavy atom. The molecule has 0 heterocycles. The van der Waals surface area contributed by atoms with E-state index in [1.165, 1.54) is 19.3 Å². The van der Waals surface area contributed by atoms with Crippen LogP contribution in [0.4, 0.5) is 0 Å². The minimum Gasteiger partial charge on any atom is -0.507 e. The van der Waals surface area contributed by atoms with Gasteiger partial charge in [-0.1, -0.05) is 11.6 Å². The number of carbonyl (C=O) groups is 1. The molecule has 0 amide bonds. The Labute approximate surface area is 89.0 Å².